The lowest BCUT2D eigenvalue weighted by Crippen LogP contribution is -2.43. The SMILES string of the molecule is O=C1CCCc2cc(S(=O)(=O)N3CCC(C(=O)NCCc4cccs4)CC3)ccc2N1. The van der Waals surface area contributed by atoms with E-state index in [1.54, 1.807) is 29.5 Å². The Bertz CT molecular complexity index is 1040. The van der Waals surface area contributed by atoms with Crippen LogP contribution in [0, 0.1) is 5.92 Å². The van der Waals surface area contributed by atoms with Gasteiger partial charge in [0, 0.05) is 42.5 Å². The third-order valence-corrected chi connectivity index (χ3v) is 8.74. The van der Waals surface area contributed by atoms with Crippen LogP contribution in [0.3, 0.4) is 0 Å². The molecule has 9 heteroatoms. The number of benzene rings is 1. The second kappa shape index (κ2) is 9.50. The lowest BCUT2D eigenvalue weighted by atomic mass is 9.97. The highest BCUT2D eigenvalue weighted by atomic mass is 32.2. The summed E-state index contributed by atoms with van der Waals surface area (Å²) in [6.07, 6.45) is 3.67. The Morgan fingerprint density at radius 1 is 1.19 bits per heavy atom. The molecule has 0 bridgehead atoms. The van der Waals surface area contributed by atoms with Crippen LogP contribution in [-0.4, -0.2) is 44.2 Å². The quantitative estimate of drug-likeness (QED) is 0.692. The number of anilines is 1. The molecule has 2 aliphatic rings. The van der Waals surface area contributed by atoms with E-state index >= 15 is 0 Å². The number of fused-ring (bicyclic) bond motifs is 1. The van der Waals surface area contributed by atoms with Crippen molar-refractivity contribution >= 4 is 38.9 Å². The molecular formula is C22H27N3O4S2. The first-order valence-corrected chi connectivity index (χ1v) is 13.0. The van der Waals surface area contributed by atoms with Crippen molar-refractivity contribution < 1.29 is 18.0 Å². The number of aryl methyl sites for hydroxylation is 1. The topological polar surface area (TPSA) is 95.6 Å². The van der Waals surface area contributed by atoms with Gasteiger partial charge in [0.05, 0.1) is 4.90 Å². The summed E-state index contributed by atoms with van der Waals surface area (Å²) in [5.41, 5.74) is 1.55. The van der Waals surface area contributed by atoms with Gasteiger partial charge in [-0.1, -0.05) is 6.07 Å². The predicted octanol–water partition coefficient (Wildman–Crippen LogP) is 2.78. The van der Waals surface area contributed by atoms with Gasteiger partial charge in [0.2, 0.25) is 21.8 Å². The third-order valence-electron chi connectivity index (χ3n) is 5.91. The van der Waals surface area contributed by atoms with E-state index in [9.17, 15) is 18.0 Å². The molecule has 2 N–H and O–H groups in total. The number of amides is 2. The van der Waals surface area contributed by atoms with Crippen LogP contribution in [0.25, 0.3) is 0 Å². The van der Waals surface area contributed by atoms with Gasteiger partial charge in [-0.05, 0) is 67.3 Å². The van der Waals surface area contributed by atoms with Crippen molar-refractivity contribution in [2.24, 2.45) is 5.92 Å². The number of rotatable bonds is 6. The van der Waals surface area contributed by atoms with Crippen LogP contribution in [0.1, 0.15) is 36.1 Å². The molecule has 1 aromatic heterocycles. The molecular weight excluding hydrogens is 434 g/mol. The van der Waals surface area contributed by atoms with Crippen LogP contribution in [0.4, 0.5) is 5.69 Å². The summed E-state index contributed by atoms with van der Waals surface area (Å²) in [7, 11) is -3.63. The third kappa shape index (κ3) is 5.16. The zero-order valence-corrected chi connectivity index (χ0v) is 18.9. The zero-order valence-electron chi connectivity index (χ0n) is 17.3. The van der Waals surface area contributed by atoms with Crippen LogP contribution in [0.2, 0.25) is 0 Å². The minimum absolute atomic E-state index is 0.00868. The smallest absolute Gasteiger partial charge is 0.243 e. The monoisotopic (exact) mass is 461 g/mol. The van der Waals surface area contributed by atoms with E-state index in [0.29, 0.717) is 57.4 Å². The zero-order chi connectivity index (χ0) is 21.8. The average molecular weight is 462 g/mol. The van der Waals surface area contributed by atoms with Crippen LogP contribution in [0.5, 0.6) is 0 Å². The molecule has 2 aliphatic heterocycles. The fraction of sp³-hybridized carbons (Fsp3) is 0.455. The van der Waals surface area contributed by atoms with Crippen molar-refractivity contribution in [3.05, 3.63) is 46.2 Å². The molecule has 1 fully saturated rings. The standard InChI is InChI=1S/C22H27N3O4S2/c26-21-5-1-3-17-15-19(6-7-20(17)24-21)31(28,29)25-12-9-16(10-13-25)22(27)23-11-8-18-4-2-14-30-18/h2,4,6-7,14-16H,1,3,5,8-13H2,(H,23,27)(H,24,26). The molecule has 3 heterocycles. The van der Waals surface area contributed by atoms with Crippen LogP contribution in [-0.2, 0) is 32.5 Å². The molecule has 0 atom stereocenters. The first kappa shape index (κ1) is 22.0. The summed E-state index contributed by atoms with van der Waals surface area (Å²) in [4.78, 5) is 25.7. The van der Waals surface area contributed by atoms with Gasteiger partial charge in [-0.2, -0.15) is 4.31 Å². The van der Waals surface area contributed by atoms with Crippen molar-refractivity contribution in [1.29, 1.82) is 0 Å². The lowest BCUT2D eigenvalue weighted by molar-refractivity contribution is -0.126. The van der Waals surface area contributed by atoms with Gasteiger partial charge in [-0.15, -0.1) is 11.3 Å². The van der Waals surface area contributed by atoms with E-state index in [1.807, 2.05) is 11.4 Å². The van der Waals surface area contributed by atoms with Gasteiger partial charge in [0.15, 0.2) is 0 Å². The van der Waals surface area contributed by atoms with Crippen molar-refractivity contribution in [2.45, 2.75) is 43.4 Å². The molecule has 0 unspecified atom stereocenters. The van der Waals surface area contributed by atoms with Gasteiger partial charge >= 0.3 is 0 Å². The second-order valence-corrected chi connectivity index (χ2v) is 11.0. The molecule has 0 radical (unpaired) electrons. The van der Waals surface area contributed by atoms with Gasteiger partial charge in [0.25, 0.3) is 0 Å². The lowest BCUT2D eigenvalue weighted by Gasteiger charge is -2.30. The molecule has 7 nitrogen and oxygen atoms in total. The summed E-state index contributed by atoms with van der Waals surface area (Å²) >= 11 is 1.68. The largest absolute Gasteiger partial charge is 0.355 e. The Balaban J connectivity index is 1.34. The molecule has 31 heavy (non-hydrogen) atoms. The van der Waals surface area contributed by atoms with Gasteiger partial charge in [0.1, 0.15) is 0 Å². The van der Waals surface area contributed by atoms with Crippen LogP contribution >= 0.6 is 11.3 Å². The van der Waals surface area contributed by atoms with Crippen molar-refractivity contribution in [3.63, 3.8) is 0 Å². The highest BCUT2D eigenvalue weighted by molar-refractivity contribution is 7.89. The number of carbonyl (C=O) groups excluding carboxylic acids is 2. The minimum atomic E-state index is -3.63. The molecule has 1 aromatic carbocycles. The van der Waals surface area contributed by atoms with Crippen LogP contribution < -0.4 is 10.6 Å². The van der Waals surface area contributed by atoms with E-state index in [4.69, 9.17) is 0 Å². The number of hydrogen-bond acceptors (Lipinski definition) is 5. The van der Waals surface area contributed by atoms with Gasteiger partial charge in [-0.25, -0.2) is 8.42 Å². The molecule has 0 aliphatic carbocycles. The fourth-order valence-electron chi connectivity index (χ4n) is 4.13. The summed E-state index contributed by atoms with van der Waals surface area (Å²) < 4.78 is 27.8. The highest BCUT2D eigenvalue weighted by Crippen LogP contribution is 2.29. The Morgan fingerprint density at radius 2 is 2.00 bits per heavy atom. The van der Waals surface area contributed by atoms with E-state index in [0.717, 1.165) is 12.0 Å². The number of hydrogen-bond donors (Lipinski definition) is 2. The van der Waals surface area contributed by atoms with Crippen molar-refractivity contribution in [1.82, 2.24) is 9.62 Å². The maximum Gasteiger partial charge on any atom is 0.243 e. The fourth-order valence-corrected chi connectivity index (χ4v) is 6.36. The van der Waals surface area contributed by atoms with Crippen LogP contribution in [0.15, 0.2) is 40.6 Å². The molecule has 0 saturated carbocycles. The maximum atomic E-state index is 13.1. The maximum absolute atomic E-state index is 13.1. The Hall–Kier alpha value is -2.23. The Morgan fingerprint density at radius 3 is 2.74 bits per heavy atom. The molecule has 0 spiro atoms. The number of nitrogens with zero attached hydrogens (tertiary/aromatic N) is 1. The van der Waals surface area contributed by atoms with E-state index in [-0.39, 0.29) is 22.6 Å². The summed E-state index contributed by atoms with van der Waals surface area (Å²) in [6.45, 7) is 1.27. The number of nitrogens with one attached hydrogen (secondary N) is 2. The number of piperidine rings is 1. The predicted molar refractivity (Wildman–Crippen MR) is 121 cm³/mol. The van der Waals surface area contributed by atoms with Gasteiger partial charge in [-0.3, -0.25) is 9.59 Å². The second-order valence-electron chi connectivity index (χ2n) is 8.02. The molecule has 4 rings (SSSR count). The Kier molecular flexibility index (Phi) is 6.74. The van der Waals surface area contributed by atoms with Crippen molar-refractivity contribution in [2.75, 3.05) is 25.0 Å². The first-order valence-electron chi connectivity index (χ1n) is 10.7. The van der Waals surface area contributed by atoms with Gasteiger partial charge < -0.3 is 10.6 Å². The average Bonchev–Trinajstić information content (AvgIpc) is 3.21. The van der Waals surface area contributed by atoms with E-state index < -0.39 is 10.0 Å². The highest BCUT2D eigenvalue weighted by Gasteiger charge is 2.32. The molecule has 166 valence electrons. The molecule has 1 saturated heterocycles. The molecule has 2 amide bonds. The normalized spacial score (nSPS) is 18.1. The summed E-state index contributed by atoms with van der Waals surface area (Å²) in [5.74, 6) is -0.184. The Labute approximate surface area is 186 Å². The van der Waals surface area contributed by atoms with Crippen molar-refractivity contribution in [3.8, 4) is 0 Å². The minimum Gasteiger partial charge on any atom is -0.355 e. The van der Waals surface area contributed by atoms with E-state index in [2.05, 4.69) is 16.7 Å². The number of thiophene rings is 1. The van der Waals surface area contributed by atoms with E-state index in [1.165, 1.54) is 9.18 Å². The first-order chi connectivity index (χ1) is 14.9. The summed E-state index contributed by atoms with van der Waals surface area (Å²) in [6, 6.07) is 8.97. The number of carbonyl (C=O) groups is 2. The summed E-state index contributed by atoms with van der Waals surface area (Å²) in [5, 5.41) is 7.84. The molecule has 2 aromatic rings. The number of sulfonamides is 1.